The molecule has 1 N–H and O–H groups in total. The summed E-state index contributed by atoms with van der Waals surface area (Å²) in [7, 11) is 0. The number of hydrogen-bond acceptors (Lipinski definition) is 5. The number of nitrogens with one attached hydrogen (secondary N) is 1. The van der Waals surface area contributed by atoms with Crippen LogP contribution in [0.2, 0.25) is 0 Å². The van der Waals surface area contributed by atoms with Gasteiger partial charge in [0.2, 0.25) is 12.1 Å². The van der Waals surface area contributed by atoms with Crippen LogP contribution >= 0.6 is 31.9 Å². The molecule has 0 amide bonds. The van der Waals surface area contributed by atoms with E-state index in [9.17, 15) is 20.2 Å². The maximum absolute atomic E-state index is 12.0. The summed E-state index contributed by atoms with van der Waals surface area (Å²) in [5.41, 5.74) is 0.261. The molecule has 1 heterocycles. The molecule has 7 nitrogen and oxygen atoms in total. The number of hydrogen-bond donors (Lipinski definition) is 1. The zero-order chi connectivity index (χ0) is 20.6. The van der Waals surface area contributed by atoms with Gasteiger partial charge in [0.1, 0.15) is 17.5 Å². The van der Waals surface area contributed by atoms with E-state index in [0.717, 1.165) is 20.1 Å². The fourth-order valence-corrected chi connectivity index (χ4v) is 4.62. The smallest absolute Gasteiger partial charge is 0.243 e. The molecule has 0 unspecified atom stereocenters. The third-order valence-corrected chi connectivity index (χ3v) is 6.49. The van der Waals surface area contributed by atoms with Gasteiger partial charge in [-0.25, -0.2) is 0 Å². The van der Waals surface area contributed by atoms with Crippen molar-refractivity contribution in [3.8, 4) is 0 Å². The minimum atomic E-state index is -1.19. The van der Waals surface area contributed by atoms with Gasteiger partial charge in [0, 0.05) is 18.8 Å². The molecule has 0 radical (unpaired) electrons. The molecule has 1 aliphatic heterocycles. The van der Waals surface area contributed by atoms with E-state index in [-0.39, 0.29) is 0 Å². The molecule has 0 aromatic heterocycles. The summed E-state index contributed by atoms with van der Waals surface area (Å²) in [4.78, 5) is 23.2. The number of nitro groups is 2. The summed E-state index contributed by atoms with van der Waals surface area (Å²) >= 11 is 6.74. The van der Waals surface area contributed by atoms with Gasteiger partial charge < -0.3 is 0 Å². The lowest BCUT2D eigenvalue weighted by Crippen LogP contribution is -2.63. The van der Waals surface area contributed by atoms with Gasteiger partial charge >= 0.3 is 0 Å². The van der Waals surface area contributed by atoms with Gasteiger partial charge in [0.25, 0.3) is 0 Å². The average Bonchev–Trinajstić information content (AvgIpc) is 2.60. The van der Waals surface area contributed by atoms with Gasteiger partial charge in [0.05, 0.1) is 0 Å². The van der Waals surface area contributed by atoms with E-state index >= 15 is 0 Å². The first kappa shape index (κ1) is 20.9. The average molecular weight is 513 g/mol. The summed E-state index contributed by atoms with van der Waals surface area (Å²) < 4.78 is 1.72. The predicted octanol–water partition coefficient (Wildman–Crippen LogP) is 4.91. The third kappa shape index (κ3) is 3.83. The minimum absolute atomic E-state index is 0.395. The number of nitrogens with zero attached hydrogens (tertiary/aromatic N) is 2. The van der Waals surface area contributed by atoms with E-state index in [4.69, 9.17) is 0 Å². The van der Waals surface area contributed by atoms with Crippen molar-refractivity contribution in [3.05, 3.63) is 88.8 Å². The minimum Gasteiger partial charge on any atom is -0.291 e. The number of benzene rings is 2. The largest absolute Gasteiger partial charge is 0.291 e. The van der Waals surface area contributed by atoms with Crippen LogP contribution in [-0.4, -0.2) is 21.9 Å². The lowest BCUT2D eigenvalue weighted by atomic mass is 9.66. The van der Waals surface area contributed by atoms with Crippen LogP contribution < -0.4 is 5.32 Å². The summed E-state index contributed by atoms with van der Waals surface area (Å²) in [5, 5.41) is 27.2. The predicted molar refractivity (Wildman–Crippen MR) is 112 cm³/mol. The summed E-state index contributed by atoms with van der Waals surface area (Å²) in [6.07, 6.45) is 0. The molecular weight excluding hydrogens is 494 g/mol. The van der Waals surface area contributed by atoms with Crippen molar-refractivity contribution < 1.29 is 9.85 Å². The zero-order valence-electron chi connectivity index (χ0n) is 15.2. The first-order valence-electron chi connectivity index (χ1n) is 8.67. The maximum atomic E-state index is 12.0. The molecule has 3 rings (SSSR count). The highest BCUT2D eigenvalue weighted by Crippen LogP contribution is 2.47. The quantitative estimate of drug-likeness (QED) is 0.463. The van der Waals surface area contributed by atoms with Crippen molar-refractivity contribution in [1.29, 1.82) is 0 Å². The molecule has 1 aliphatic rings. The summed E-state index contributed by atoms with van der Waals surface area (Å²) in [5.74, 6) is 0. The highest BCUT2D eigenvalue weighted by Gasteiger charge is 2.62. The zero-order valence-corrected chi connectivity index (χ0v) is 18.4. The Bertz CT molecular complexity index is 816. The highest BCUT2D eigenvalue weighted by atomic mass is 79.9. The Hall–Kier alpha value is -1.84. The van der Waals surface area contributed by atoms with Gasteiger partial charge in [-0.2, -0.15) is 0 Å². The Kier molecular flexibility index (Phi) is 5.88. The molecule has 0 saturated carbocycles. The van der Waals surface area contributed by atoms with Crippen molar-refractivity contribution in [1.82, 2.24) is 5.32 Å². The van der Waals surface area contributed by atoms with Crippen LogP contribution in [0.5, 0.6) is 0 Å². The number of rotatable bonds is 4. The number of halogens is 2. The van der Waals surface area contributed by atoms with Crippen LogP contribution in [0.25, 0.3) is 0 Å². The fourth-order valence-electron chi connectivity index (χ4n) is 4.09. The van der Waals surface area contributed by atoms with E-state index in [0.29, 0.717) is 0 Å². The normalized spacial score (nSPS) is 26.6. The molecule has 2 aromatic carbocycles. The molecule has 9 heteroatoms. The Morgan fingerprint density at radius 3 is 1.39 bits per heavy atom. The molecule has 4 atom stereocenters. The summed E-state index contributed by atoms with van der Waals surface area (Å²) in [6.45, 7) is 3.24. The molecule has 0 spiro atoms. The van der Waals surface area contributed by atoms with Gasteiger partial charge in [-0.05, 0) is 49.2 Å². The molecular formula is C19H19Br2N3O4. The molecule has 28 heavy (non-hydrogen) atoms. The standard InChI is InChI=1S/C19H19Br2N3O4/c1-19(2)17(23(25)26)15(11-3-7-13(20)8-4-11)22-16(18(19)24(27)28)12-5-9-14(21)10-6-12/h3-10,15-18,22H,1-2H3/t15-,16-,17-,18+/m1/s1. The van der Waals surface area contributed by atoms with E-state index in [1.807, 2.05) is 24.3 Å². The second kappa shape index (κ2) is 7.88. The Labute approximate surface area is 179 Å². The Morgan fingerprint density at radius 2 is 1.11 bits per heavy atom. The van der Waals surface area contributed by atoms with Crippen LogP contribution in [0.4, 0.5) is 0 Å². The number of piperidine rings is 1. The monoisotopic (exact) mass is 511 g/mol. The van der Waals surface area contributed by atoms with E-state index < -0.39 is 39.4 Å². The SMILES string of the molecule is CC1(C)[C@@H]([N+](=O)[O-])[C@@H](c2ccc(Br)cc2)N[C@H](c2ccc(Br)cc2)[C@H]1[N+](=O)[O-]. The molecule has 1 saturated heterocycles. The maximum Gasteiger partial charge on any atom is 0.243 e. The summed E-state index contributed by atoms with van der Waals surface area (Å²) in [6, 6.07) is 10.8. The molecule has 148 valence electrons. The second-order valence-corrected chi connectivity index (χ2v) is 9.34. The van der Waals surface area contributed by atoms with Crippen LogP contribution in [0.15, 0.2) is 57.5 Å². The van der Waals surface area contributed by atoms with Crippen LogP contribution in [0.1, 0.15) is 37.1 Å². The first-order valence-corrected chi connectivity index (χ1v) is 10.3. The highest BCUT2D eigenvalue weighted by molar-refractivity contribution is 9.10. The Balaban J connectivity index is 2.14. The van der Waals surface area contributed by atoms with Crippen molar-refractivity contribution >= 4 is 31.9 Å². The molecule has 0 bridgehead atoms. The lowest BCUT2D eigenvalue weighted by molar-refractivity contribution is -0.605. The Morgan fingerprint density at radius 1 is 0.786 bits per heavy atom. The van der Waals surface area contributed by atoms with Crippen molar-refractivity contribution in [2.45, 2.75) is 38.0 Å². The fraction of sp³-hybridized carbons (Fsp3) is 0.368. The van der Waals surface area contributed by atoms with E-state index in [2.05, 4.69) is 37.2 Å². The lowest BCUT2D eigenvalue weighted by Gasteiger charge is -2.44. The molecule has 2 aromatic rings. The van der Waals surface area contributed by atoms with Crippen LogP contribution in [-0.2, 0) is 0 Å². The van der Waals surface area contributed by atoms with Crippen molar-refractivity contribution in [2.75, 3.05) is 0 Å². The van der Waals surface area contributed by atoms with Gasteiger partial charge in [0.15, 0.2) is 0 Å². The second-order valence-electron chi connectivity index (χ2n) is 7.51. The van der Waals surface area contributed by atoms with Crippen molar-refractivity contribution in [2.24, 2.45) is 5.41 Å². The van der Waals surface area contributed by atoms with E-state index in [1.165, 1.54) is 0 Å². The molecule has 0 aliphatic carbocycles. The van der Waals surface area contributed by atoms with Gasteiger partial charge in [-0.1, -0.05) is 56.1 Å². The van der Waals surface area contributed by atoms with Crippen LogP contribution in [0, 0.1) is 25.6 Å². The third-order valence-electron chi connectivity index (χ3n) is 5.43. The van der Waals surface area contributed by atoms with E-state index in [1.54, 1.807) is 38.1 Å². The van der Waals surface area contributed by atoms with Crippen LogP contribution in [0.3, 0.4) is 0 Å². The first-order chi connectivity index (χ1) is 13.1. The van der Waals surface area contributed by atoms with Gasteiger partial charge in [-0.3, -0.25) is 25.5 Å². The molecule has 1 fully saturated rings. The topological polar surface area (TPSA) is 98.3 Å². The van der Waals surface area contributed by atoms with Gasteiger partial charge in [-0.15, -0.1) is 0 Å². The van der Waals surface area contributed by atoms with Crippen molar-refractivity contribution in [3.63, 3.8) is 0 Å².